The van der Waals surface area contributed by atoms with Crippen molar-refractivity contribution in [2.24, 2.45) is 5.92 Å². The minimum atomic E-state index is 0.727. The summed E-state index contributed by atoms with van der Waals surface area (Å²) in [6, 6.07) is 0.727. The lowest BCUT2D eigenvalue weighted by Gasteiger charge is -2.26. The third kappa shape index (κ3) is 6.16. The molecule has 0 aromatic rings. The van der Waals surface area contributed by atoms with E-state index in [9.17, 15) is 0 Å². The van der Waals surface area contributed by atoms with Crippen LogP contribution in [0.2, 0.25) is 0 Å². The molecule has 0 spiro atoms. The molecule has 0 unspecified atom stereocenters. The van der Waals surface area contributed by atoms with Crippen molar-refractivity contribution >= 4 is 0 Å². The van der Waals surface area contributed by atoms with Gasteiger partial charge in [-0.05, 0) is 65.1 Å². The highest BCUT2D eigenvalue weighted by Gasteiger charge is 2.24. The monoisotopic (exact) mass is 212 g/mol. The standard InChI is InChI=1S/C13H28N2/c1-4-14-9-5-6-10-15(12(2)3)11-13-7-8-13/h12-14H,4-11H2,1-3H3. The Morgan fingerprint density at radius 3 is 2.53 bits per heavy atom. The average Bonchev–Trinajstić information content (AvgIpc) is 2.99. The van der Waals surface area contributed by atoms with Crippen molar-refractivity contribution in [1.82, 2.24) is 10.2 Å². The van der Waals surface area contributed by atoms with Gasteiger partial charge in [-0.15, -0.1) is 0 Å². The first kappa shape index (κ1) is 13.0. The Morgan fingerprint density at radius 1 is 1.27 bits per heavy atom. The smallest absolute Gasteiger partial charge is 0.00387 e. The van der Waals surface area contributed by atoms with Gasteiger partial charge in [0.1, 0.15) is 0 Å². The molecule has 1 saturated carbocycles. The normalized spacial score (nSPS) is 16.6. The van der Waals surface area contributed by atoms with Gasteiger partial charge in [-0.3, -0.25) is 0 Å². The van der Waals surface area contributed by atoms with E-state index in [-0.39, 0.29) is 0 Å². The predicted octanol–water partition coefficient (Wildman–Crippen LogP) is 2.50. The molecule has 2 heteroatoms. The highest BCUT2D eigenvalue weighted by atomic mass is 15.1. The number of nitrogens with one attached hydrogen (secondary N) is 1. The SMILES string of the molecule is CCNCCCCN(CC1CC1)C(C)C. The van der Waals surface area contributed by atoms with Gasteiger partial charge in [0.15, 0.2) is 0 Å². The Bertz CT molecular complexity index is 153. The average molecular weight is 212 g/mol. The molecule has 0 aromatic carbocycles. The molecule has 0 saturated heterocycles. The molecule has 1 aliphatic rings. The van der Waals surface area contributed by atoms with Gasteiger partial charge in [-0.1, -0.05) is 6.92 Å². The van der Waals surface area contributed by atoms with E-state index < -0.39 is 0 Å². The zero-order valence-electron chi connectivity index (χ0n) is 10.8. The Labute approximate surface area is 95.4 Å². The fourth-order valence-corrected chi connectivity index (χ4v) is 1.93. The van der Waals surface area contributed by atoms with Crippen LogP contribution in [0.15, 0.2) is 0 Å². The third-order valence-corrected chi connectivity index (χ3v) is 3.22. The number of hydrogen-bond donors (Lipinski definition) is 1. The van der Waals surface area contributed by atoms with E-state index in [1.165, 1.54) is 45.3 Å². The number of nitrogens with zero attached hydrogens (tertiary/aromatic N) is 1. The van der Waals surface area contributed by atoms with Gasteiger partial charge >= 0.3 is 0 Å². The van der Waals surface area contributed by atoms with E-state index in [4.69, 9.17) is 0 Å². The second-order valence-electron chi connectivity index (χ2n) is 5.09. The molecule has 1 aliphatic carbocycles. The van der Waals surface area contributed by atoms with Crippen LogP contribution in [0, 0.1) is 5.92 Å². The number of unbranched alkanes of at least 4 members (excludes halogenated alkanes) is 1. The van der Waals surface area contributed by atoms with Gasteiger partial charge in [-0.25, -0.2) is 0 Å². The summed E-state index contributed by atoms with van der Waals surface area (Å²) in [4.78, 5) is 2.66. The summed E-state index contributed by atoms with van der Waals surface area (Å²) in [6.07, 6.45) is 5.61. The summed E-state index contributed by atoms with van der Waals surface area (Å²) < 4.78 is 0. The van der Waals surface area contributed by atoms with E-state index >= 15 is 0 Å². The molecule has 1 fully saturated rings. The Hall–Kier alpha value is -0.0800. The van der Waals surface area contributed by atoms with Crippen molar-refractivity contribution in [1.29, 1.82) is 0 Å². The summed E-state index contributed by atoms with van der Waals surface area (Å²) in [7, 11) is 0. The fraction of sp³-hybridized carbons (Fsp3) is 1.00. The minimum absolute atomic E-state index is 0.727. The largest absolute Gasteiger partial charge is 0.317 e. The molecule has 0 bridgehead atoms. The second-order valence-corrected chi connectivity index (χ2v) is 5.09. The maximum absolute atomic E-state index is 3.39. The molecule has 15 heavy (non-hydrogen) atoms. The van der Waals surface area contributed by atoms with Crippen molar-refractivity contribution < 1.29 is 0 Å². The van der Waals surface area contributed by atoms with Crippen molar-refractivity contribution in [3.05, 3.63) is 0 Å². The summed E-state index contributed by atoms with van der Waals surface area (Å²) in [6.45, 7) is 11.8. The van der Waals surface area contributed by atoms with Crippen LogP contribution in [0.1, 0.15) is 46.5 Å². The Morgan fingerprint density at radius 2 is 2.00 bits per heavy atom. The predicted molar refractivity (Wildman–Crippen MR) is 67.2 cm³/mol. The molecule has 1 rings (SSSR count). The molecule has 0 heterocycles. The maximum Gasteiger partial charge on any atom is 0.00387 e. The first-order chi connectivity index (χ1) is 7.24. The maximum atomic E-state index is 3.39. The van der Waals surface area contributed by atoms with Gasteiger partial charge in [-0.2, -0.15) is 0 Å². The highest BCUT2D eigenvalue weighted by Crippen LogP contribution is 2.30. The van der Waals surface area contributed by atoms with Gasteiger partial charge < -0.3 is 10.2 Å². The van der Waals surface area contributed by atoms with Crippen LogP contribution in [-0.2, 0) is 0 Å². The van der Waals surface area contributed by atoms with E-state index in [0.717, 1.165) is 18.5 Å². The van der Waals surface area contributed by atoms with Gasteiger partial charge in [0.25, 0.3) is 0 Å². The van der Waals surface area contributed by atoms with Crippen molar-refractivity contribution in [3.63, 3.8) is 0 Å². The van der Waals surface area contributed by atoms with Crippen LogP contribution in [-0.4, -0.2) is 37.1 Å². The molecule has 90 valence electrons. The number of hydrogen-bond acceptors (Lipinski definition) is 2. The molecule has 1 N–H and O–H groups in total. The summed E-state index contributed by atoms with van der Waals surface area (Å²) in [5.41, 5.74) is 0. The molecule has 0 radical (unpaired) electrons. The molecule has 0 atom stereocenters. The number of rotatable bonds is 9. The van der Waals surface area contributed by atoms with Gasteiger partial charge in [0.05, 0.1) is 0 Å². The zero-order chi connectivity index (χ0) is 11.1. The van der Waals surface area contributed by atoms with Crippen molar-refractivity contribution in [2.45, 2.75) is 52.5 Å². The Kier molecular flexibility index (Phi) is 6.26. The van der Waals surface area contributed by atoms with E-state index in [0.29, 0.717) is 0 Å². The summed E-state index contributed by atoms with van der Waals surface area (Å²) in [5, 5.41) is 3.39. The Balaban J connectivity index is 2.02. The lowest BCUT2D eigenvalue weighted by molar-refractivity contribution is 0.208. The first-order valence-electron chi connectivity index (χ1n) is 6.68. The molecular formula is C13H28N2. The fourth-order valence-electron chi connectivity index (χ4n) is 1.93. The highest BCUT2D eigenvalue weighted by molar-refractivity contribution is 4.78. The van der Waals surface area contributed by atoms with Crippen LogP contribution in [0.4, 0.5) is 0 Å². The summed E-state index contributed by atoms with van der Waals surface area (Å²) in [5.74, 6) is 1.03. The lowest BCUT2D eigenvalue weighted by atomic mass is 10.2. The molecule has 0 aromatic heterocycles. The van der Waals surface area contributed by atoms with Crippen LogP contribution in [0.5, 0.6) is 0 Å². The third-order valence-electron chi connectivity index (χ3n) is 3.22. The summed E-state index contributed by atoms with van der Waals surface area (Å²) >= 11 is 0. The first-order valence-corrected chi connectivity index (χ1v) is 6.68. The van der Waals surface area contributed by atoms with Crippen LogP contribution in [0.3, 0.4) is 0 Å². The molecule has 2 nitrogen and oxygen atoms in total. The molecule has 0 aliphatic heterocycles. The minimum Gasteiger partial charge on any atom is -0.317 e. The van der Waals surface area contributed by atoms with E-state index in [1.807, 2.05) is 0 Å². The topological polar surface area (TPSA) is 15.3 Å². The second kappa shape index (κ2) is 7.24. The molecule has 0 amide bonds. The van der Waals surface area contributed by atoms with Gasteiger partial charge in [0.2, 0.25) is 0 Å². The van der Waals surface area contributed by atoms with Gasteiger partial charge in [0, 0.05) is 12.6 Å². The van der Waals surface area contributed by atoms with Crippen LogP contribution < -0.4 is 5.32 Å². The molecular weight excluding hydrogens is 184 g/mol. The van der Waals surface area contributed by atoms with Crippen LogP contribution >= 0.6 is 0 Å². The lowest BCUT2D eigenvalue weighted by Crippen LogP contribution is -2.34. The van der Waals surface area contributed by atoms with E-state index in [1.54, 1.807) is 0 Å². The van der Waals surface area contributed by atoms with Crippen molar-refractivity contribution in [2.75, 3.05) is 26.2 Å². The van der Waals surface area contributed by atoms with Crippen LogP contribution in [0.25, 0.3) is 0 Å². The quantitative estimate of drug-likeness (QED) is 0.591. The van der Waals surface area contributed by atoms with E-state index in [2.05, 4.69) is 31.0 Å². The van der Waals surface area contributed by atoms with Crippen molar-refractivity contribution in [3.8, 4) is 0 Å². The zero-order valence-corrected chi connectivity index (χ0v) is 10.8.